The van der Waals surface area contributed by atoms with Crippen LogP contribution >= 0.6 is 11.3 Å². The number of nitrogens with one attached hydrogen (secondary N) is 1. The van der Waals surface area contributed by atoms with Gasteiger partial charge in [-0.25, -0.2) is 4.99 Å². The van der Waals surface area contributed by atoms with Gasteiger partial charge in [0.25, 0.3) is 5.56 Å². The van der Waals surface area contributed by atoms with Crippen LogP contribution in [-0.2, 0) is 4.79 Å². The summed E-state index contributed by atoms with van der Waals surface area (Å²) in [4.78, 5) is 35.3. The highest BCUT2D eigenvalue weighted by Crippen LogP contribution is 2.40. The minimum Gasteiger partial charge on any atom is -0.496 e. The first-order valence-electron chi connectivity index (χ1n) is 11.1. The molecule has 0 saturated carbocycles. The number of hydrogen-bond donors (Lipinski definition) is 1. The number of aromatic nitrogens is 2. The summed E-state index contributed by atoms with van der Waals surface area (Å²) in [6, 6.07) is 13.2. The van der Waals surface area contributed by atoms with Gasteiger partial charge in [-0.1, -0.05) is 41.7 Å². The lowest BCUT2D eigenvalue weighted by atomic mass is 9.89. The van der Waals surface area contributed by atoms with E-state index in [1.807, 2.05) is 69.3 Å². The van der Waals surface area contributed by atoms with E-state index in [9.17, 15) is 9.59 Å². The maximum absolute atomic E-state index is 13.8. The monoisotopic (exact) mass is 471 g/mol. The zero-order chi connectivity index (χ0) is 24.1. The van der Waals surface area contributed by atoms with E-state index in [2.05, 4.69) is 9.98 Å². The van der Waals surface area contributed by atoms with Crippen molar-refractivity contribution in [1.29, 1.82) is 0 Å². The van der Waals surface area contributed by atoms with E-state index in [1.165, 1.54) is 18.3 Å². The molecule has 7 heteroatoms. The summed E-state index contributed by atoms with van der Waals surface area (Å²) < 4.78 is 7.98. The van der Waals surface area contributed by atoms with E-state index in [-0.39, 0.29) is 11.3 Å². The fraction of sp³-hybridized carbons (Fsp3) is 0.222. The number of carbonyl (C=O) groups excluding carboxylic acids is 1. The Morgan fingerprint density at radius 2 is 1.94 bits per heavy atom. The maximum Gasteiger partial charge on any atom is 0.271 e. The third-order valence-electron chi connectivity index (χ3n) is 6.30. The highest BCUT2D eigenvalue weighted by Gasteiger charge is 2.33. The number of hydrogen-bond acceptors (Lipinski definition) is 5. The van der Waals surface area contributed by atoms with Gasteiger partial charge in [-0.2, -0.15) is 0 Å². The van der Waals surface area contributed by atoms with Crippen molar-refractivity contribution >= 4 is 34.0 Å². The highest BCUT2D eigenvalue weighted by atomic mass is 32.1. The molecule has 34 heavy (non-hydrogen) atoms. The zero-order valence-electron chi connectivity index (χ0n) is 19.7. The van der Waals surface area contributed by atoms with Crippen LogP contribution in [0.25, 0.3) is 16.8 Å². The van der Waals surface area contributed by atoms with Gasteiger partial charge in [-0.15, -0.1) is 0 Å². The van der Waals surface area contributed by atoms with Crippen molar-refractivity contribution < 1.29 is 9.53 Å². The molecular weight excluding hydrogens is 446 g/mol. The number of Topliss-reactive ketones (excluding diaryl/α,β-unsaturated/α-hetero) is 1. The van der Waals surface area contributed by atoms with Crippen LogP contribution in [0.3, 0.4) is 0 Å². The molecule has 2 aromatic heterocycles. The van der Waals surface area contributed by atoms with E-state index in [4.69, 9.17) is 4.74 Å². The van der Waals surface area contributed by atoms with E-state index in [0.29, 0.717) is 26.4 Å². The molecule has 6 nitrogen and oxygen atoms in total. The van der Waals surface area contributed by atoms with Crippen LogP contribution in [0.4, 0.5) is 0 Å². The number of H-pyrrole nitrogens is 1. The topological polar surface area (TPSA) is 76.4 Å². The van der Waals surface area contributed by atoms with Crippen LogP contribution in [0, 0.1) is 13.8 Å². The largest absolute Gasteiger partial charge is 0.496 e. The molecule has 1 atom stereocenters. The van der Waals surface area contributed by atoms with E-state index >= 15 is 0 Å². The van der Waals surface area contributed by atoms with Crippen molar-refractivity contribution in [3.63, 3.8) is 0 Å². The number of aryl methyl sites for hydroxylation is 2. The fourth-order valence-electron chi connectivity index (χ4n) is 4.82. The molecule has 0 bridgehead atoms. The number of allylic oxidation sites excluding steroid dienone is 2. The lowest BCUT2D eigenvalue weighted by molar-refractivity contribution is -0.114. The number of thiazole rings is 1. The van der Waals surface area contributed by atoms with E-state index < -0.39 is 6.04 Å². The predicted octanol–water partition coefficient (Wildman–Crippen LogP) is 3.93. The molecule has 0 radical (unpaired) electrons. The molecule has 0 aliphatic carbocycles. The molecule has 0 fully saturated rings. The standard InChI is InChI=1S/C27H25N3O3S/c1-14-12-19(15(2)28-14)13-22-26(32)30-25(23(17(4)31)16(3)29-27(30)34-22)24-20-9-7-6-8-18(20)10-11-21(24)33-5/h6-13,25,28H,1-5H3/b22-13-/t25-/m0/s1. The number of ether oxygens (including phenoxy) is 1. The lowest BCUT2D eigenvalue weighted by Gasteiger charge is -2.27. The van der Waals surface area contributed by atoms with Crippen molar-refractivity contribution in [1.82, 2.24) is 9.55 Å². The van der Waals surface area contributed by atoms with Crippen LogP contribution in [0.2, 0.25) is 0 Å². The Bertz CT molecular complexity index is 1680. The number of rotatable bonds is 4. The van der Waals surface area contributed by atoms with Gasteiger partial charge in [0, 0.05) is 28.2 Å². The van der Waals surface area contributed by atoms with Crippen molar-refractivity contribution in [2.75, 3.05) is 7.11 Å². The first-order chi connectivity index (χ1) is 16.3. The molecule has 3 heterocycles. The van der Waals surface area contributed by atoms with Gasteiger partial charge in [0.1, 0.15) is 5.75 Å². The van der Waals surface area contributed by atoms with Crippen molar-refractivity contribution in [3.8, 4) is 5.75 Å². The van der Waals surface area contributed by atoms with E-state index in [0.717, 1.165) is 33.3 Å². The second kappa shape index (κ2) is 8.25. The molecular formula is C27H25N3O3S. The van der Waals surface area contributed by atoms with Gasteiger partial charge < -0.3 is 9.72 Å². The van der Waals surface area contributed by atoms with Crippen molar-refractivity contribution in [2.45, 2.75) is 33.7 Å². The third kappa shape index (κ3) is 3.44. The van der Waals surface area contributed by atoms with Crippen LogP contribution in [0.15, 0.2) is 63.5 Å². The minimum atomic E-state index is -0.633. The Hall–Kier alpha value is -3.71. The maximum atomic E-state index is 13.8. The van der Waals surface area contributed by atoms with Gasteiger partial charge in [0.15, 0.2) is 10.6 Å². The second-order valence-corrected chi connectivity index (χ2v) is 9.58. The molecule has 0 spiro atoms. The van der Waals surface area contributed by atoms with Gasteiger partial charge in [0.2, 0.25) is 0 Å². The first kappa shape index (κ1) is 22.1. The SMILES string of the molecule is COc1ccc2ccccc2c1[C@@H]1C(C(C)=O)=C(C)N=c2s/c(=C\c3cc(C)[nH]c3C)c(=O)n21. The van der Waals surface area contributed by atoms with Crippen LogP contribution in [0.1, 0.15) is 42.4 Å². The Labute approximate surface area is 200 Å². The number of nitrogens with zero attached hydrogens (tertiary/aromatic N) is 2. The average molecular weight is 472 g/mol. The summed E-state index contributed by atoms with van der Waals surface area (Å²) in [5.74, 6) is 0.511. The first-order valence-corrected chi connectivity index (χ1v) is 11.9. The summed E-state index contributed by atoms with van der Waals surface area (Å²) in [5.41, 5.74) is 4.73. The number of aromatic amines is 1. The molecule has 1 N–H and O–H groups in total. The number of methoxy groups -OCH3 is 1. The normalized spacial score (nSPS) is 16.0. The fourth-order valence-corrected chi connectivity index (χ4v) is 5.85. The van der Waals surface area contributed by atoms with Gasteiger partial charge in [-0.3, -0.25) is 14.2 Å². The Morgan fingerprint density at radius 1 is 1.18 bits per heavy atom. The quantitative estimate of drug-likeness (QED) is 0.490. The molecule has 5 rings (SSSR count). The van der Waals surface area contributed by atoms with E-state index in [1.54, 1.807) is 11.7 Å². The minimum absolute atomic E-state index is 0.118. The van der Waals surface area contributed by atoms with Gasteiger partial charge in [0.05, 0.1) is 17.7 Å². The smallest absolute Gasteiger partial charge is 0.271 e. The Balaban J connectivity index is 1.88. The second-order valence-electron chi connectivity index (χ2n) is 8.57. The zero-order valence-corrected chi connectivity index (χ0v) is 20.5. The number of benzene rings is 2. The van der Waals surface area contributed by atoms with Gasteiger partial charge in [-0.05, 0) is 62.2 Å². The molecule has 172 valence electrons. The van der Waals surface area contributed by atoms with Crippen LogP contribution < -0.4 is 19.6 Å². The molecule has 1 aliphatic rings. The molecule has 0 unspecified atom stereocenters. The Kier molecular flexibility index (Phi) is 5.37. The molecule has 4 aromatic rings. The number of ketones is 1. The molecule has 0 amide bonds. The summed E-state index contributed by atoms with van der Waals surface area (Å²) >= 11 is 1.34. The summed E-state index contributed by atoms with van der Waals surface area (Å²) in [5, 5.41) is 1.95. The van der Waals surface area contributed by atoms with Gasteiger partial charge >= 0.3 is 0 Å². The van der Waals surface area contributed by atoms with Crippen LogP contribution in [-0.4, -0.2) is 22.4 Å². The molecule has 0 saturated heterocycles. The molecule has 2 aromatic carbocycles. The van der Waals surface area contributed by atoms with Crippen molar-refractivity contribution in [2.24, 2.45) is 4.99 Å². The lowest BCUT2D eigenvalue weighted by Crippen LogP contribution is -2.39. The molecule has 1 aliphatic heterocycles. The number of carbonyl (C=O) groups is 1. The highest BCUT2D eigenvalue weighted by molar-refractivity contribution is 7.07. The Morgan fingerprint density at radius 3 is 2.62 bits per heavy atom. The van der Waals surface area contributed by atoms with Crippen molar-refractivity contribution in [3.05, 3.63) is 95.9 Å². The summed E-state index contributed by atoms with van der Waals surface area (Å²) in [6.45, 7) is 7.33. The summed E-state index contributed by atoms with van der Waals surface area (Å²) in [6.07, 6.45) is 1.90. The third-order valence-corrected chi connectivity index (χ3v) is 7.28. The average Bonchev–Trinajstić information content (AvgIpc) is 3.28. The predicted molar refractivity (Wildman–Crippen MR) is 135 cm³/mol. The summed E-state index contributed by atoms with van der Waals surface area (Å²) in [7, 11) is 1.61. The van der Waals surface area contributed by atoms with Crippen LogP contribution in [0.5, 0.6) is 5.75 Å². The number of fused-ring (bicyclic) bond motifs is 2.